The third-order valence-electron chi connectivity index (χ3n) is 4.42. The molecule has 2 aromatic heterocycles. The molecule has 2 heterocycles. The zero-order valence-electron chi connectivity index (χ0n) is 15.5. The molecule has 0 saturated heterocycles. The van der Waals surface area contributed by atoms with E-state index in [9.17, 15) is 10.1 Å². The van der Waals surface area contributed by atoms with Gasteiger partial charge in [-0.3, -0.25) is 10.1 Å². The number of nitrogens with one attached hydrogen (secondary N) is 1. The van der Waals surface area contributed by atoms with E-state index in [1.54, 1.807) is 12.1 Å². The van der Waals surface area contributed by atoms with Crippen molar-refractivity contribution in [3.63, 3.8) is 0 Å². The number of para-hydroxylation sites is 1. The van der Waals surface area contributed by atoms with E-state index in [2.05, 4.69) is 20.4 Å². The van der Waals surface area contributed by atoms with Crippen molar-refractivity contribution in [1.82, 2.24) is 24.5 Å². The van der Waals surface area contributed by atoms with Gasteiger partial charge in [0.1, 0.15) is 0 Å². The van der Waals surface area contributed by atoms with Crippen LogP contribution < -0.4 is 5.32 Å². The van der Waals surface area contributed by atoms with E-state index in [-0.39, 0.29) is 5.69 Å². The zero-order valence-corrected chi connectivity index (χ0v) is 15.5. The van der Waals surface area contributed by atoms with Crippen molar-refractivity contribution in [3.05, 3.63) is 58.6 Å². The molecule has 0 aliphatic heterocycles. The van der Waals surface area contributed by atoms with Crippen LogP contribution in [0.2, 0.25) is 0 Å². The standard InChI is InChI=1S/C19H19N7O2/c1-24(2)12-11-20-19-21-16-6-4-3-5-15(16)18-23-22-17(25(18)19)13-7-9-14(10-8-13)26(27)28/h3-10H,11-12H2,1-2H3,(H,20,21). The molecule has 0 spiro atoms. The first-order chi connectivity index (χ1) is 13.5. The fourth-order valence-corrected chi connectivity index (χ4v) is 3.01. The summed E-state index contributed by atoms with van der Waals surface area (Å²) in [6.07, 6.45) is 0. The molecule has 0 saturated carbocycles. The van der Waals surface area contributed by atoms with E-state index < -0.39 is 4.92 Å². The first kappa shape index (κ1) is 17.8. The van der Waals surface area contributed by atoms with Crippen LogP contribution in [0.15, 0.2) is 48.5 Å². The van der Waals surface area contributed by atoms with E-state index in [0.717, 1.165) is 23.0 Å². The molecular weight excluding hydrogens is 358 g/mol. The van der Waals surface area contributed by atoms with Crippen molar-refractivity contribution in [2.24, 2.45) is 0 Å². The molecule has 0 unspecified atom stereocenters. The third kappa shape index (κ3) is 3.23. The summed E-state index contributed by atoms with van der Waals surface area (Å²) in [7, 11) is 4.01. The summed E-state index contributed by atoms with van der Waals surface area (Å²) >= 11 is 0. The van der Waals surface area contributed by atoms with E-state index in [1.165, 1.54) is 12.1 Å². The number of hydrogen-bond donors (Lipinski definition) is 1. The molecule has 0 amide bonds. The maximum absolute atomic E-state index is 10.9. The number of hydrogen-bond acceptors (Lipinski definition) is 7. The van der Waals surface area contributed by atoms with Crippen LogP contribution in [0.5, 0.6) is 0 Å². The molecule has 4 aromatic rings. The summed E-state index contributed by atoms with van der Waals surface area (Å²) in [4.78, 5) is 17.3. The van der Waals surface area contributed by atoms with Crippen molar-refractivity contribution >= 4 is 28.2 Å². The topological polar surface area (TPSA) is 101 Å². The second-order valence-electron chi connectivity index (χ2n) is 6.67. The van der Waals surface area contributed by atoms with Gasteiger partial charge in [0.15, 0.2) is 11.5 Å². The number of nitrogens with zero attached hydrogens (tertiary/aromatic N) is 6. The third-order valence-corrected chi connectivity index (χ3v) is 4.42. The van der Waals surface area contributed by atoms with Gasteiger partial charge in [0, 0.05) is 36.2 Å². The van der Waals surface area contributed by atoms with Crippen LogP contribution in [-0.2, 0) is 0 Å². The van der Waals surface area contributed by atoms with Crippen LogP contribution in [-0.4, -0.2) is 56.6 Å². The highest BCUT2D eigenvalue weighted by Crippen LogP contribution is 2.27. The Balaban J connectivity index is 1.87. The van der Waals surface area contributed by atoms with Crippen molar-refractivity contribution in [3.8, 4) is 11.4 Å². The quantitative estimate of drug-likeness (QED) is 0.407. The summed E-state index contributed by atoms with van der Waals surface area (Å²) in [6, 6.07) is 14.0. The number of rotatable bonds is 6. The van der Waals surface area contributed by atoms with Crippen LogP contribution in [0.1, 0.15) is 0 Å². The van der Waals surface area contributed by atoms with E-state index in [0.29, 0.717) is 24.0 Å². The molecule has 1 N–H and O–H groups in total. The Morgan fingerprint density at radius 2 is 1.86 bits per heavy atom. The molecule has 2 aromatic carbocycles. The summed E-state index contributed by atoms with van der Waals surface area (Å²) < 4.78 is 1.86. The summed E-state index contributed by atoms with van der Waals surface area (Å²) in [5.74, 6) is 1.21. The Morgan fingerprint density at radius 3 is 2.57 bits per heavy atom. The van der Waals surface area contributed by atoms with Gasteiger partial charge in [-0.25, -0.2) is 9.38 Å². The predicted octanol–water partition coefficient (Wildman–Crippen LogP) is 2.83. The lowest BCUT2D eigenvalue weighted by molar-refractivity contribution is -0.384. The molecule has 0 radical (unpaired) electrons. The normalized spacial score (nSPS) is 11.4. The van der Waals surface area contributed by atoms with Crippen molar-refractivity contribution in [1.29, 1.82) is 0 Å². The number of nitro benzene ring substituents is 1. The van der Waals surface area contributed by atoms with Gasteiger partial charge in [-0.2, -0.15) is 0 Å². The Hall–Kier alpha value is -3.59. The molecule has 4 rings (SSSR count). The summed E-state index contributed by atoms with van der Waals surface area (Å²) in [6.45, 7) is 1.54. The highest BCUT2D eigenvalue weighted by Gasteiger charge is 2.17. The monoisotopic (exact) mass is 377 g/mol. The second-order valence-corrected chi connectivity index (χ2v) is 6.67. The summed E-state index contributed by atoms with van der Waals surface area (Å²) in [5.41, 5.74) is 2.27. The molecule has 0 aliphatic rings. The van der Waals surface area contributed by atoms with Crippen LogP contribution in [0.3, 0.4) is 0 Å². The van der Waals surface area contributed by atoms with E-state index in [4.69, 9.17) is 4.98 Å². The van der Waals surface area contributed by atoms with Gasteiger partial charge in [0.2, 0.25) is 5.95 Å². The SMILES string of the molecule is CN(C)CCNc1nc2ccccc2c2nnc(-c3ccc([N+](=O)[O-])cc3)n12. The van der Waals surface area contributed by atoms with E-state index in [1.807, 2.05) is 42.8 Å². The average Bonchev–Trinajstić information content (AvgIpc) is 3.13. The van der Waals surface area contributed by atoms with Gasteiger partial charge in [0.05, 0.1) is 10.4 Å². The number of aromatic nitrogens is 4. The second kappa shape index (κ2) is 7.20. The minimum absolute atomic E-state index is 0.0328. The van der Waals surface area contributed by atoms with Crippen molar-refractivity contribution in [2.75, 3.05) is 32.5 Å². The van der Waals surface area contributed by atoms with Gasteiger partial charge in [-0.05, 0) is 38.4 Å². The van der Waals surface area contributed by atoms with Crippen LogP contribution >= 0.6 is 0 Å². The average molecular weight is 377 g/mol. The van der Waals surface area contributed by atoms with E-state index >= 15 is 0 Å². The van der Waals surface area contributed by atoms with Crippen molar-refractivity contribution in [2.45, 2.75) is 0 Å². The Kier molecular flexibility index (Phi) is 4.58. The van der Waals surface area contributed by atoms with Gasteiger partial charge in [-0.1, -0.05) is 12.1 Å². The number of anilines is 1. The first-order valence-electron chi connectivity index (χ1n) is 8.82. The van der Waals surface area contributed by atoms with Crippen molar-refractivity contribution < 1.29 is 4.92 Å². The first-order valence-corrected chi connectivity index (χ1v) is 8.82. The molecule has 0 bridgehead atoms. The smallest absolute Gasteiger partial charge is 0.269 e. The van der Waals surface area contributed by atoms with Crippen LogP contribution in [0.4, 0.5) is 11.6 Å². The fourth-order valence-electron chi connectivity index (χ4n) is 3.01. The molecule has 9 heteroatoms. The van der Waals surface area contributed by atoms with Crippen LogP contribution in [0.25, 0.3) is 27.9 Å². The number of likely N-dealkylation sites (N-methyl/N-ethyl adjacent to an activating group) is 1. The Morgan fingerprint density at radius 1 is 1.11 bits per heavy atom. The lowest BCUT2D eigenvalue weighted by atomic mass is 10.2. The molecule has 0 atom stereocenters. The number of non-ortho nitro benzene ring substituents is 1. The number of fused-ring (bicyclic) bond motifs is 3. The van der Waals surface area contributed by atoms with Gasteiger partial charge in [0.25, 0.3) is 5.69 Å². The molecule has 28 heavy (non-hydrogen) atoms. The predicted molar refractivity (Wildman–Crippen MR) is 107 cm³/mol. The maximum Gasteiger partial charge on any atom is 0.269 e. The fraction of sp³-hybridized carbons (Fsp3) is 0.211. The van der Waals surface area contributed by atoms with Gasteiger partial charge >= 0.3 is 0 Å². The minimum Gasteiger partial charge on any atom is -0.354 e. The lowest BCUT2D eigenvalue weighted by Crippen LogP contribution is -2.22. The molecule has 142 valence electrons. The Bertz CT molecular complexity index is 1150. The number of nitro groups is 1. The Labute approximate surface area is 160 Å². The number of benzene rings is 2. The molecule has 9 nitrogen and oxygen atoms in total. The molecule has 0 fully saturated rings. The van der Waals surface area contributed by atoms with Gasteiger partial charge < -0.3 is 10.2 Å². The summed E-state index contributed by atoms with van der Waals surface area (Å²) in [5, 5.41) is 23.9. The van der Waals surface area contributed by atoms with Gasteiger partial charge in [-0.15, -0.1) is 10.2 Å². The lowest BCUT2D eigenvalue weighted by Gasteiger charge is -2.13. The van der Waals surface area contributed by atoms with Crippen LogP contribution in [0, 0.1) is 10.1 Å². The maximum atomic E-state index is 10.9. The zero-order chi connectivity index (χ0) is 19.7. The highest BCUT2D eigenvalue weighted by atomic mass is 16.6. The minimum atomic E-state index is -0.422. The largest absolute Gasteiger partial charge is 0.354 e. The molecular formula is C19H19N7O2. The highest BCUT2D eigenvalue weighted by molar-refractivity contribution is 5.93. The molecule has 0 aliphatic carbocycles.